The highest BCUT2D eigenvalue weighted by Gasteiger charge is 2.58. The van der Waals surface area contributed by atoms with E-state index in [1.807, 2.05) is 0 Å². The maximum Gasteiger partial charge on any atom is 0.0577 e. The molecule has 0 aliphatic heterocycles. The summed E-state index contributed by atoms with van der Waals surface area (Å²) in [5.74, 6) is 8.68. The van der Waals surface area contributed by atoms with Crippen LogP contribution in [-0.2, 0) is 0 Å². The number of nitrogens with zero attached hydrogens (tertiary/aromatic N) is 1. The molecule has 0 aromatic heterocycles. The first-order valence-electron chi connectivity index (χ1n) is 10.0. The Morgan fingerprint density at radius 2 is 1.96 bits per heavy atom. The maximum absolute atomic E-state index is 10.1. The highest BCUT2D eigenvalue weighted by atomic mass is 16.3. The number of aliphatic hydroxyl groups is 1. The molecule has 3 saturated carbocycles. The Morgan fingerprint density at radius 3 is 2.71 bits per heavy atom. The fourth-order valence-electron chi connectivity index (χ4n) is 7.42. The third-order valence-corrected chi connectivity index (χ3v) is 8.79. The van der Waals surface area contributed by atoms with Crippen LogP contribution in [0.1, 0.15) is 72.1 Å². The second-order valence-corrected chi connectivity index (χ2v) is 9.60. The van der Waals surface area contributed by atoms with Crippen molar-refractivity contribution in [3.63, 3.8) is 0 Å². The van der Waals surface area contributed by atoms with Gasteiger partial charge < -0.3 is 10.9 Å². The Balaban J connectivity index is 1.65. The van der Waals surface area contributed by atoms with Crippen molar-refractivity contribution in [2.45, 2.75) is 78.2 Å². The largest absolute Gasteiger partial charge is 0.393 e. The van der Waals surface area contributed by atoms with Gasteiger partial charge in [0.1, 0.15) is 0 Å². The predicted molar refractivity (Wildman–Crippen MR) is 98.5 cm³/mol. The van der Waals surface area contributed by atoms with Crippen molar-refractivity contribution in [1.82, 2.24) is 0 Å². The number of hydrogen-bond donors (Lipinski definition) is 2. The van der Waals surface area contributed by atoms with Crippen LogP contribution in [0.2, 0.25) is 0 Å². The highest BCUT2D eigenvalue weighted by Crippen LogP contribution is 2.66. The predicted octanol–water partition coefficient (Wildman–Crippen LogP) is 4.26. The lowest BCUT2D eigenvalue weighted by Gasteiger charge is -2.58. The zero-order chi connectivity index (χ0) is 17.1. The van der Waals surface area contributed by atoms with Gasteiger partial charge in [0.25, 0.3) is 0 Å². The summed E-state index contributed by atoms with van der Waals surface area (Å²) in [5.41, 5.74) is 3.47. The molecule has 7 atom stereocenters. The van der Waals surface area contributed by atoms with E-state index in [9.17, 15) is 5.11 Å². The van der Waals surface area contributed by atoms with Crippen LogP contribution in [0.5, 0.6) is 0 Å². The van der Waals surface area contributed by atoms with E-state index in [1.165, 1.54) is 38.5 Å². The van der Waals surface area contributed by atoms with Crippen molar-refractivity contribution >= 4 is 5.71 Å². The second kappa shape index (κ2) is 5.59. The van der Waals surface area contributed by atoms with Crippen LogP contribution in [0, 0.1) is 34.5 Å². The Morgan fingerprint density at radius 1 is 1.17 bits per heavy atom. The van der Waals surface area contributed by atoms with E-state index in [4.69, 9.17) is 5.84 Å². The van der Waals surface area contributed by atoms with E-state index in [2.05, 4.69) is 31.9 Å². The van der Waals surface area contributed by atoms with Crippen LogP contribution in [0.3, 0.4) is 0 Å². The molecule has 24 heavy (non-hydrogen) atoms. The van der Waals surface area contributed by atoms with Gasteiger partial charge in [-0.2, -0.15) is 5.10 Å². The van der Waals surface area contributed by atoms with E-state index in [1.54, 1.807) is 5.57 Å². The second-order valence-electron chi connectivity index (χ2n) is 9.60. The first-order valence-corrected chi connectivity index (χ1v) is 10.0. The van der Waals surface area contributed by atoms with E-state index in [0.717, 1.165) is 36.3 Å². The topological polar surface area (TPSA) is 58.6 Å². The lowest BCUT2D eigenvalue weighted by molar-refractivity contribution is -0.0423. The zero-order valence-electron chi connectivity index (χ0n) is 15.6. The van der Waals surface area contributed by atoms with E-state index in [0.29, 0.717) is 16.7 Å². The van der Waals surface area contributed by atoms with Crippen LogP contribution in [0.15, 0.2) is 16.8 Å². The Hall–Kier alpha value is -0.830. The van der Waals surface area contributed by atoms with E-state index >= 15 is 0 Å². The summed E-state index contributed by atoms with van der Waals surface area (Å²) in [6, 6.07) is 0. The molecule has 0 saturated heterocycles. The van der Waals surface area contributed by atoms with Crippen LogP contribution in [-0.4, -0.2) is 16.9 Å². The molecule has 3 fully saturated rings. The normalized spacial score (nSPS) is 51.4. The first-order chi connectivity index (χ1) is 11.4. The third-order valence-electron chi connectivity index (χ3n) is 8.79. The van der Waals surface area contributed by atoms with Crippen molar-refractivity contribution in [2.24, 2.45) is 45.4 Å². The molecule has 0 aromatic carbocycles. The van der Waals surface area contributed by atoms with Gasteiger partial charge in [0, 0.05) is 11.6 Å². The summed E-state index contributed by atoms with van der Waals surface area (Å²) in [6.07, 6.45) is 12.0. The average molecular weight is 331 g/mol. The van der Waals surface area contributed by atoms with Crippen LogP contribution < -0.4 is 5.84 Å². The SMILES string of the molecule is C/C(=N\N)[C@@H]1CC[C@@H]2[C@H]3CC=C4C[C@@H](O)CC[C@]4(C)[C@H]3CC[C@@]21C. The number of nitrogens with two attached hydrogens (primary N) is 1. The van der Waals surface area contributed by atoms with Crippen molar-refractivity contribution in [1.29, 1.82) is 0 Å². The minimum atomic E-state index is -0.103. The molecule has 0 spiro atoms. The van der Waals surface area contributed by atoms with Crippen LogP contribution in [0.4, 0.5) is 0 Å². The molecule has 0 heterocycles. The maximum atomic E-state index is 10.1. The summed E-state index contributed by atoms with van der Waals surface area (Å²) >= 11 is 0. The van der Waals surface area contributed by atoms with Gasteiger partial charge in [0.2, 0.25) is 0 Å². The van der Waals surface area contributed by atoms with Crippen molar-refractivity contribution < 1.29 is 5.11 Å². The molecule has 3 nitrogen and oxygen atoms in total. The Labute approximate surface area is 146 Å². The van der Waals surface area contributed by atoms with Crippen molar-refractivity contribution in [3.05, 3.63) is 11.6 Å². The number of hydrogen-bond acceptors (Lipinski definition) is 3. The van der Waals surface area contributed by atoms with Crippen molar-refractivity contribution in [3.8, 4) is 0 Å². The minimum Gasteiger partial charge on any atom is -0.393 e. The summed E-state index contributed by atoms with van der Waals surface area (Å²) in [5, 5.41) is 14.2. The monoisotopic (exact) mass is 330 g/mol. The van der Waals surface area contributed by atoms with Crippen LogP contribution in [0.25, 0.3) is 0 Å². The molecule has 4 rings (SSSR count). The van der Waals surface area contributed by atoms with Crippen LogP contribution >= 0.6 is 0 Å². The number of allylic oxidation sites excluding steroid dienone is 1. The molecule has 134 valence electrons. The quantitative estimate of drug-likeness (QED) is 0.327. The minimum absolute atomic E-state index is 0.103. The standard InChI is InChI=1S/C21H34N2O/c1-13(23-22)17-6-7-18-16-5-4-14-12-15(24)8-10-20(14,2)19(16)9-11-21(17,18)3/h4,15-19,24H,5-12,22H2,1-3H3/b23-13+/t15-,16+,17-,18+,19-,20-,21+/m0/s1. The molecule has 0 aromatic rings. The number of hydrazone groups is 1. The fourth-order valence-corrected chi connectivity index (χ4v) is 7.42. The molecule has 0 amide bonds. The molecule has 3 heteroatoms. The lowest BCUT2D eigenvalue weighted by Crippen LogP contribution is -2.50. The van der Waals surface area contributed by atoms with Gasteiger partial charge in [-0.3, -0.25) is 0 Å². The van der Waals surface area contributed by atoms with E-state index in [-0.39, 0.29) is 6.10 Å². The lowest BCUT2D eigenvalue weighted by atomic mass is 9.47. The molecule has 4 aliphatic rings. The Bertz CT molecular complexity index is 582. The zero-order valence-corrected chi connectivity index (χ0v) is 15.6. The molecule has 0 radical (unpaired) electrons. The molecule has 3 N–H and O–H groups in total. The molecule has 0 bridgehead atoms. The van der Waals surface area contributed by atoms with Gasteiger partial charge >= 0.3 is 0 Å². The molecule has 0 unspecified atom stereocenters. The molecular weight excluding hydrogens is 296 g/mol. The van der Waals surface area contributed by atoms with Gasteiger partial charge in [-0.25, -0.2) is 0 Å². The smallest absolute Gasteiger partial charge is 0.0577 e. The Kier molecular flexibility index (Phi) is 3.87. The highest BCUT2D eigenvalue weighted by molar-refractivity contribution is 5.85. The number of rotatable bonds is 1. The van der Waals surface area contributed by atoms with Gasteiger partial charge in [-0.05, 0) is 86.9 Å². The summed E-state index contributed by atoms with van der Waals surface area (Å²) in [7, 11) is 0. The third kappa shape index (κ3) is 2.16. The number of fused-ring (bicyclic) bond motifs is 5. The summed E-state index contributed by atoms with van der Waals surface area (Å²) in [6.45, 7) is 7.16. The average Bonchev–Trinajstić information content (AvgIpc) is 2.92. The van der Waals surface area contributed by atoms with E-state index < -0.39 is 0 Å². The molecular formula is C21H34N2O. The van der Waals surface area contributed by atoms with Gasteiger partial charge in [-0.1, -0.05) is 25.5 Å². The summed E-state index contributed by atoms with van der Waals surface area (Å²) in [4.78, 5) is 0. The van der Waals surface area contributed by atoms with Crippen molar-refractivity contribution in [2.75, 3.05) is 0 Å². The first kappa shape index (κ1) is 16.6. The summed E-state index contributed by atoms with van der Waals surface area (Å²) < 4.78 is 0. The number of aliphatic hydroxyl groups excluding tert-OH is 1. The van der Waals surface area contributed by atoms with Gasteiger partial charge in [0.15, 0.2) is 0 Å². The molecule has 4 aliphatic carbocycles. The van der Waals surface area contributed by atoms with Gasteiger partial charge in [0.05, 0.1) is 6.10 Å². The van der Waals surface area contributed by atoms with Gasteiger partial charge in [-0.15, -0.1) is 0 Å². The fraction of sp³-hybridized carbons (Fsp3) is 0.857.